The fourth-order valence-corrected chi connectivity index (χ4v) is 17.2. The van der Waals surface area contributed by atoms with Crippen LogP contribution in [0.4, 0.5) is 0 Å². The van der Waals surface area contributed by atoms with E-state index in [1.54, 1.807) is 0 Å². The summed E-state index contributed by atoms with van der Waals surface area (Å²) in [7, 11) is -2.71. The Bertz CT molecular complexity index is 4270. The maximum Gasteiger partial charge on any atom is 0.179 e. The van der Waals surface area contributed by atoms with E-state index in [0.29, 0.717) is 17.5 Å². The number of rotatable bonds is 9. The van der Waals surface area contributed by atoms with Gasteiger partial charge in [0, 0.05) is 36.9 Å². The lowest BCUT2D eigenvalue weighted by Crippen LogP contribution is -2.74. The van der Waals surface area contributed by atoms with Gasteiger partial charge < -0.3 is 0 Å². The molecule has 14 aromatic rings. The minimum Gasteiger partial charge on any atom is -0.208 e. The van der Waals surface area contributed by atoms with Crippen LogP contribution in [0.15, 0.2) is 273 Å². The van der Waals surface area contributed by atoms with Crippen molar-refractivity contribution in [3.63, 3.8) is 0 Å². The zero-order chi connectivity index (χ0) is 49.0. The molecule has 0 bridgehead atoms. The van der Waals surface area contributed by atoms with Crippen molar-refractivity contribution in [2.24, 2.45) is 0 Å². The summed E-state index contributed by atoms with van der Waals surface area (Å²) in [5.74, 6) is 1.93. The average Bonchev–Trinajstić information content (AvgIpc) is 3.86. The van der Waals surface area contributed by atoms with E-state index in [2.05, 4.69) is 255 Å². The summed E-state index contributed by atoms with van der Waals surface area (Å²) in [6.45, 7) is 0. The lowest BCUT2D eigenvalue weighted by molar-refractivity contribution is 1.07. The molecule has 0 atom stereocenters. The highest BCUT2D eigenvalue weighted by Crippen LogP contribution is 2.41. The maximum absolute atomic E-state index is 5.25. The first kappa shape index (κ1) is 43.6. The fraction of sp³-hybridized carbons (Fsp3) is 0. The van der Waals surface area contributed by atoms with Gasteiger partial charge in [0.1, 0.15) is 0 Å². The molecular weight excluding hydrogens is 931 g/mol. The fourth-order valence-electron chi connectivity index (χ4n) is 11.3. The highest BCUT2D eigenvalue weighted by molar-refractivity contribution is 7.25. The van der Waals surface area contributed by atoms with Gasteiger partial charge in [-0.3, -0.25) is 0 Å². The Hall–Kier alpha value is -9.13. The van der Waals surface area contributed by atoms with Crippen LogP contribution in [-0.2, 0) is 0 Å². The number of benzene rings is 12. The van der Waals surface area contributed by atoms with Crippen molar-refractivity contribution in [2.45, 2.75) is 0 Å². The second-order valence-corrected chi connectivity index (χ2v) is 23.9. The molecule has 0 spiro atoms. The molecular formula is C69H45N3SSi. The van der Waals surface area contributed by atoms with Crippen LogP contribution in [0.1, 0.15) is 0 Å². The molecule has 0 fully saturated rings. The molecule has 5 heteroatoms. The molecule has 0 aliphatic rings. The van der Waals surface area contributed by atoms with Crippen LogP contribution in [-0.4, -0.2) is 23.0 Å². The first-order valence-corrected chi connectivity index (χ1v) is 28.0. The molecule has 14 rings (SSSR count). The molecule has 2 aromatic heterocycles. The number of fused-ring (bicyclic) bond motifs is 9. The molecule has 0 unspecified atom stereocenters. The molecule has 0 radical (unpaired) electrons. The molecule has 12 aromatic carbocycles. The molecule has 0 aliphatic carbocycles. The van der Waals surface area contributed by atoms with E-state index in [1.807, 2.05) is 29.5 Å². The first-order valence-electron chi connectivity index (χ1n) is 25.2. The summed E-state index contributed by atoms with van der Waals surface area (Å²) in [5.41, 5.74) is 7.63. The number of hydrogen-bond donors (Lipinski definition) is 0. The van der Waals surface area contributed by atoms with E-state index < -0.39 is 8.07 Å². The Morgan fingerprint density at radius 1 is 0.216 bits per heavy atom. The standard InChI is InChI=1S/C69H45N3SSi/c1-5-18-46(19-6-1)67-70-68(47-32-37-56(38-33-47)74(53-22-7-2-8-23-53,54-24-9-3-10-25-54)55-26-11-4-12-27-55)72-69(71-67)52-35-40-62-64-44-51(36-41-65(64)73-66(62)45-52)49-21-17-20-48(42-49)50-34-39-61-59-30-14-13-28-57(59)58-29-15-16-31-60(58)63(61)43-50/h1-45H. The monoisotopic (exact) mass is 975 g/mol. The van der Waals surface area contributed by atoms with E-state index in [4.69, 9.17) is 15.0 Å². The molecule has 0 saturated carbocycles. The van der Waals surface area contributed by atoms with Crippen molar-refractivity contribution >= 4 is 92.6 Å². The third kappa shape index (κ3) is 7.44. The quantitative estimate of drug-likeness (QED) is 0.0822. The summed E-state index contributed by atoms with van der Waals surface area (Å²) in [4.78, 5) is 15.6. The molecule has 0 aliphatic heterocycles. The Morgan fingerprint density at radius 3 is 1.14 bits per heavy atom. The van der Waals surface area contributed by atoms with Gasteiger partial charge in [0.25, 0.3) is 0 Å². The molecule has 2 heterocycles. The minimum absolute atomic E-state index is 0.639. The lowest BCUT2D eigenvalue weighted by Gasteiger charge is -2.34. The van der Waals surface area contributed by atoms with Crippen molar-refractivity contribution in [2.75, 3.05) is 0 Å². The van der Waals surface area contributed by atoms with Crippen LogP contribution in [0.25, 0.3) is 109 Å². The maximum atomic E-state index is 5.25. The average molecular weight is 976 g/mol. The van der Waals surface area contributed by atoms with Crippen molar-refractivity contribution in [3.05, 3.63) is 273 Å². The SMILES string of the molecule is c1ccc(-c2nc(-c3ccc([Si](c4ccccc4)(c4ccccc4)c4ccccc4)cc3)nc(-c3ccc4c(c3)sc3ccc(-c5cccc(-c6ccc7c8ccccc8c8ccccc8c7c6)c5)cc34)n2)cc1. The van der Waals surface area contributed by atoms with Gasteiger partial charge in [0.2, 0.25) is 0 Å². The van der Waals surface area contributed by atoms with Gasteiger partial charge in [-0.05, 0) is 106 Å². The summed E-state index contributed by atoms with van der Waals surface area (Å²) < 4.78 is 2.43. The van der Waals surface area contributed by atoms with Crippen LogP contribution in [0.5, 0.6) is 0 Å². The van der Waals surface area contributed by atoms with Crippen molar-refractivity contribution < 1.29 is 0 Å². The number of hydrogen-bond acceptors (Lipinski definition) is 4. The van der Waals surface area contributed by atoms with Crippen LogP contribution in [0.3, 0.4) is 0 Å². The first-order chi connectivity index (χ1) is 36.7. The van der Waals surface area contributed by atoms with Gasteiger partial charge >= 0.3 is 0 Å². The summed E-state index contributed by atoms with van der Waals surface area (Å²) >= 11 is 1.81. The van der Waals surface area contributed by atoms with Gasteiger partial charge in [0.15, 0.2) is 25.5 Å². The van der Waals surface area contributed by atoms with Gasteiger partial charge in [-0.1, -0.05) is 243 Å². The third-order valence-electron chi connectivity index (χ3n) is 14.9. The normalized spacial score (nSPS) is 11.8. The van der Waals surface area contributed by atoms with Crippen molar-refractivity contribution in [1.29, 1.82) is 0 Å². The van der Waals surface area contributed by atoms with E-state index in [9.17, 15) is 0 Å². The lowest BCUT2D eigenvalue weighted by atomic mass is 9.91. The number of thiophene rings is 1. The highest BCUT2D eigenvalue weighted by Gasteiger charge is 2.41. The predicted molar refractivity (Wildman–Crippen MR) is 316 cm³/mol. The second-order valence-electron chi connectivity index (χ2n) is 19.1. The summed E-state index contributed by atoms with van der Waals surface area (Å²) in [5, 5.41) is 15.5. The van der Waals surface area contributed by atoms with Crippen LogP contribution in [0.2, 0.25) is 0 Å². The Kier molecular flexibility index (Phi) is 10.7. The Morgan fingerprint density at radius 2 is 0.581 bits per heavy atom. The van der Waals surface area contributed by atoms with Gasteiger partial charge in [-0.25, -0.2) is 15.0 Å². The van der Waals surface area contributed by atoms with Gasteiger partial charge in [0.05, 0.1) is 0 Å². The predicted octanol–water partition coefficient (Wildman–Crippen LogP) is 15.4. The highest BCUT2D eigenvalue weighted by atomic mass is 32.1. The molecule has 346 valence electrons. The molecule has 74 heavy (non-hydrogen) atoms. The zero-order valence-corrected chi connectivity index (χ0v) is 42.0. The Balaban J connectivity index is 0.831. The van der Waals surface area contributed by atoms with Gasteiger partial charge in [-0.2, -0.15) is 0 Å². The van der Waals surface area contributed by atoms with Crippen LogP contribution < -0.4 is 20.7 Å². The molecule has 0 saturated heterocycles. The smallest absolute Gasteiger partial charge is 0.179 e. The van der Waals surface area contributed by atoms with Crippen molar-refractivity contribution in [1.82, 2.24) is 15.0 Å². The number of aromatic nitrogens is 3. The third-order valence-corrected chi connectivity index (χ3v) is 20.8. The molecule has 0 N–H and O–H groups in total. The van der Waals surface area contributed by atoms with Gasteiger partial charge in [-0.15, -0.1) is 11.3 Å². The topological polar surface area (TPSA) is 38.7 Å². The second kappa shape index (κ2) is 18.2. The Labute approximate surface area is 434 Å². The van der Waals surface area contributed by atoms with E-state index in [-0.39, 0.29) is 0 Å². The summed E-state index contributed by atoms with van der Waals surface area (Å²) in [6, 6.07) is 99.4. The zero-order valence-electron chi connectivity index (χ0n) is 40.2. The van der Waals surface area contributed by atoms with E-state index in [1.165, 1.54) is 95.5 Å². The summed E-state index contributed by atoms with van der Waals surface area (Å²) in [6.07, 6.45) is 0. The van der Waals surface area contributed by atoms with Crippen LogP contribution >= 0.6 is 11.3 Å². The van der Waals surface area contributed by atoms with E-state index >= 15 is 0 Å². The van der Waals surface area contributed by atoms with E-state index in [0.717, 1.165) is 16.7 Å². The van der Waals surface area contributed by atoms with Crippen LogP contribution in [0, 0.1) is 0 Å². The largest absolute Gasteiger partial charge is 0.208 e. The minimum atomic E-state index is -2.71. The number of nitrogens with zero attached hydrogens (tertiary/aromatic N) is 3. The molecule has 0 amide bonds. The molecule has 3 nitrogen and oxygen atoms in total. The van der Waals surface area contributed by atoms with Crippen molar-refractivity contribution in [3.8, 4) is 56.4 Å².